The maximum absolute atomic E-state index is 11.8. The first-order valence-electron chi connectivity index (χ1n) is 6.73. The van der Waals surface area contributed by atoms with Crippen LogP contribution in [0.2, 0.25) is 0 Å². The lowest BCUT2D eigenvalue weighted by atomic mass is 10.1. The monoisotopic (exact) mass is 266 g/mol. The van der Waals surface area contributed by atoms with Gasteiger partial charge in [0.2, 0.25) is 5.91 Å². The van der Waals surface area contributed by atoms with Crippen LogP contribution in [-0.4, -0.2) is 42.5 Å². The molecule has 6 heteroatoms. The first-order chi connectivity index (χ1) is 9.19. The fraction of sp³-hybridized carbons (Fsp3) is 0.692. The van der Waals surface area contributed by atoms with E-state index in [1.807, 2.05) is 23.9 Å². The third kappa shape index (κ3) is 4.04. The first-order valence-corrected chi connectivity index (χ1v) is 6.73. The fourth-order valence-electron chi connectivity index (χ4n) is 2.33. The summed E-state index contributed by atoms with van der Waals surface area (Å²) in [6, 6.07) is 2.25. The van der Waals surface area contributed by atoms with Crippen molar-refractivity contribution in [3.63, 3.8) is 0 Å². The molecule has 1 fully saturated rings. The van der Waals surface area contributed by atoms with Crippen LogP contribution in [0, 0.1) is 5.92 Å². The van der Waals surface area contributed by atoms with Crippen molar-refractivity contribution in [3.05, 3.63) is 12.3 Å². The summed E-state index contributed by atoms with van der Waals surface area (Å²) in [7, 11) is 1.64. The second-order valence-corrected chi connectivity index (χ2v) is 5.14. The molecule has 1 aliphatic rings. The Labute approximate surface area is 113 Å². The molecule has 19 heavy (non-hydrogen) atoms. The van der Waals surface area contributed by atoms with Gasteiger partial charge in [0.25, 0.3) is 0 Å². The minimum Gasteiger partial charge on any atom is -0.384 e. The van der Waals surface area contributed by atoms with Gasteiger partial charge in [-0.3, -0.25) is 9.48 Å². The molecular weight excluding hydrogens is 244 g/mol. The van der Waals surface area contributed by atoms with E-state index in [0.717, 1.165) is 19.5 Å². The molecule has 2 atom stereocenters. The van der Waals surface area contributed by atoms with Crippen molar-refractivity contribution in [1.29, 1.82) is 0 Å². The fourth-order valence-corrected chi connectivity index (χ4v) is 2.33. The molecule has 0 aliphatic carbocycles. The molecule has 1 saturated heterocycles. The normalized spacial score (nSPS) is 20.4. The maximum Gasteiger partial charge on any atom is 0.225 e. The molecule has 1 amide bonds. The van der Waals surface area contributed by atoms with E-state index in [9.17, 15) is 4.79 Å². The van der Waals surface area contributed by atoms with E-state index in [4.69, 9.17) is 4.74 Å². The van der Waals surface area contributed by atoms with Gasteiger partial charge >= 0.3 is 0 Å². The molecule has 0 aromatic carbocycles. The van der Waals surface area contributed by atoms with Gasteiger partial charge in [-0.25, -0.2) is 0 Å². The Kier molecular flexibility index (Phi) is 4.93. The van der Waals surface area contributed by atoms with Gasteiger partial charge in [0, 0.05) is 38.9 Å². The summed E-state index contributed by atoms with van der Waals surface area (Å²) in [6.45, 7) is 4.56. The maximum atomic E-state index is 11.8. The molecular formula is C13H22N4O2. The molecule has 2 N–H and O–H groups in total. The summed E-state index contributed by atoms with van der Waals surface area (Å²) >= 11 is 0. The Morgan fingerprint density at radius 3 is 3.26 bits per heavy atom. The third-order valence-corrected chi connectivity index (χ3v) is 3.27. The Hall–Kier alpha value is -1.40. The number of hydrogen-bond donors (Lipinski definition) is 2. The zero-order valence-electron chi connectivity index (χ0n) is 11.6. The zero-order chi connectivity index (χ0) is 13.7. The number of hydrogen-bond acceptors (Lipinski definition) is 4. The molecule has 1 aromatic rings. The summed E-state index contributed by atoms with van der Waals surface area (Å²) in [6.07, 6.45) is 3.46. The summed E-state index contributed by atoms with van der Waals surface area (Å²) in [5, 5.41) is 10.5. The average molecular weight is 266 g/mol. The van der Waals surface area contributed by atoms with Gasteiger partial charge < -0.3 is 15.4 Å². The summed E-state index contributed by atoms with van der Waals surface area (Å²) in [4.78, 5) is 11.8. The van der Waals surface area contributed by atoms with E-state index in [2.05, 4.69) is 15.7 Å². The number of rotatable bonds is 6. The topological polar surface area (TPSA) is 68.2 Å². The van der Waals surface area contributed by atoms with Crippen molar-refractivity contribution in [2.45, 2.75) is 25.8 Å². The highest BCUT2D eigenvalue weighted by molar-refractivity contribution is 5.89. The average Bonchev–Trinajstić information content (AvgIpc) is 2.98. The molecule has 106 valence electrons. The number of methoxy groups -OCH3 is 1. The van der Waals surface area contributed by atoms with Crippen molar-refractivity contribution in [1.82, 2.24) is 15.1 Å². The second kappa shape index (κ2) is 6.68. The quantitative estimate of drug-likeness (QED) is 0.807. The van der Waals surface area contributed by atoms with Crippen LogP contribution in [0.15, 0.2) is 12.3 Å². The molecule has 2 rings (SSSR count). The van der Waals surface area contributed by atoms with Crippen molar-refractivity contribution >= 4 is 11.7 Å². The SMILES string of the molecule is COC[C@@H](C)CC(=O)Nc1ccn([C@@H]2CCNC2)n1. The van der Waals surface area contributed by atoms with Crippen molar-refractivity contribution in [2.75, 3.05) is 32.1 Å². The predicted molar refractivity (Wildman–Crippen MR) is 73.0 cm³/mol. The van der Waals surface area contributed by atoms with Gasteiger partial charge in [-0.2, -0.15) is 5.10 Å². The number of ether oxygens (including phenoxy) is 1. The molecule has 0 spiro atoms. The molecule has 6 nitrogen and oxygen atoms in total. The van der Waals surface area contributed by atoms with Gasteiger partial charge in [0.1, 0.15) is 0 Å². The molecule has 0 unspecified atom stereocenters. The van der Waals surface area contributed by atoms with Crippen LogP contribution in [0.3, 0.4) is 0 Å². The Morgan fingerprint density at radius 1 is 1.74 bits per heavy atom. The molecule has 0 bridgehead atoms. The molecule has 0 saturated carbocycles. The lowest BCUT2D eigenvalue weighted by Crippen LogP contribution is -2.18. The summed E-state index contributed by atoms with van der Waals surface area (Å²) < 4.78 is 6.94. The summed E-state index contributed by atoms with van der Waals surface area (Å²) in [5.74, 6) is 0.826. The van der Waals surface area contributed by atoms with Crippen LogP contribution in [0.5, 0.6) is 0 Å². The van der Waals surface area contributed by atoms with Gasteiger partial charge in [0.05, 0.1) is 6.04 Å². The highest BCUT2D eigenvalue weighted by Crippen LogP contribution is 2.16. The van der Waals surface area contributed by atoms with Crippen LogP contribution in [0.25, 0.3) is 0 Å². The largest absolute Gasteiger partial charge is 0.384 e. The number of nitrogens with zero attached hydrogens (tertiary/aromatic N) is 2. The van der Waals surface area contributed by atoms with Crippen molar-refractivity contribution in [2.24, 2.45) is 5.92 Å². The lowest BCUT2D eigenvalue weighted by molar-refractivity contribution is -0.117. The standard InChI is InChI=1S/C13H22N4O2/c1-10(9-19-2)7-13(18)15-12-4-6-17(16-12)11-3-5-14-8-11/h4,6,10-11,14H,3,5,7-9H2,1-2H3,(H,15,16,18)/t10-,11+/m0/s1. The number of carbonyl (C=O) groups is 1. The smallest absolute Gasteiger partial charge is 0.225 e. The van der Waals surface area contributed by atoms with Crippen molar-refractivity contribution in [3.8, 4) is 0 Å². The molecule has 1 aliphatic heterocycles. The third-order valence-electron chi connectivity index (χ3n) is 3.27. The van der Waals surface area contributed by atoms with E-state index >= 15 is 0 Å². The highest BCUT2D eigenvalue weighted by Gasteiger charge is 2.17. The Balaban J connectivity index is 1.83. The second-order valence-electron chi connectivity index (χ2n) is 5.14. The van der Waals surface area contributed by atoms with Crippen LogP contribution in [-0.2, 0) is 9.53 Å². The van der Waals surface area contributed by atoms with E-state index in [-0.39, 0.29) is 11.8 Å². The number of aromatic nitrogens is 2. The van der Waals surface area contributed by atoms with E-state index in [1.165, 1.54) is 0 Å². The van der Waals surface area contributed by atoms with E-state index in [0.29, 0.717) is 24.9 Å². The van der Waals surface area contributed by atoms with Crippen LogP contribution < -0.4 is 10.6 Å². The molecule has 2 heterocycles. The first kappa shape index (κ1) is 14.0. The van der Waals surface area contributed by atoms with Crippen LogP contribution in [0.1, 0.15) is 25.8 Å². The number of carbonyl (C=O) groups excluding carboxylic acids is 1. The Bertz CT molecular complexity index is 413. The van der Waals surface area contributed by atoms with Gasteiger partial charge in [-0.05, 0) is 18.9 Å². The number of nitrogens with one attached hydrogen (secondary N) is 2. The van der Waals surface area contributed by atoms with Crippen LogP contribution in [0.4, 0.5) is 5.82 Å². The van der Waals surface area contributed by atoms with Gasteiger partial charge in [-0.15, -0.1) is 0 Å². The van der Waals surface area contributed by atoms with Crippen LogP contribution >= 0.6 is 0 Å². The van der Waals surface area contributed by atoms with E-state index in [1.54, 1.807) is 7.11 Å². The predicted octanol–water partition coefficient (Wildman–Crippen LogP) is 1.03. The molecule has 1 aromatic heterocycles. The lowest BCUT2D eigenvalue weighted by Gasteiger charge is -2.10. The summed E-state index contributed by atoms with van der Waals surface area (Å²) in [5.41, 5.74) is 0. The van der Waals surface area contributed by atoms with E-state index < -0.39 is 0 Å². The minimum absolute atomic E-state index is 0.0145. The van der Waals surface area contributed by atoms with Gasteiger partial charge in [0.15, 0.2) is 5.82 Å². The van der Waals surface area contributed by atoms with Gasteiger partial charge in [-0.1, -0.05) is 6.92 Å². The highest BCUT2D eigenvalue weighted by atomic mass is 16.5. The minimum atomic E-state index is -0.0145. The molecule has 0 radical (unpaired) electrons. The Morgan fingerprint density at radius 2 is 2.58 bits per heavy atom. The number of amides is 1. The number of anilines is 1. The zero-order valence-corrected chi connectivity index (χ0v) is 11.6. The van der Waals surface area contributed by atoms with Crippen molar-refractivity contribution < 1.29 is 9.53 Å².